The summed E-state index contributed by atoms with van der Waals surface area (Å²) in [5, 5.41) is 11.6. The van der Waals surface area contributed by atoms with Crippen molar-refractivity contribution in [2.75, 3.05) is 33.7 Å². The molecule has 0 amide bonds. The van der Waals surface area contributed by atoms with Crippen LogP contribution in [0.25, 0.3) is 5.57 Å². The van der Waals surface area contributed by atoms with Crippen LogP contribution in [-0.4, -0.2) is 60.5 Å². The molecular formula is C23H32N2O2. The van der Waals surface area contributed by atoms with E-state index in [4.69, 9.17) is 0 Å². The van der Waals surface area contributed by atoms with Crippen molar-refractivity contribution in [1.29, 1.82) is 0 Å². The predicted molar refractivity (Wildman–Crippen MR) is 110 cm³/mol. The minimum atomic E-state index is -0.656. The molecule has 1 heterocycles. The van der Waals surface area contributed by atoms with Gasteiger partial charge in [-0.05, 0) is 55.8 Å². The lowest BCUT2D eigenvalue weighted by atomic mass is 9.66. The molecule has 3 rings (SSSR count). The molecule has 27 heavy (non-hydrogen) atoms. The Bertz CT molecular complexity index is 692. The fraction of sp³-hybridized carbons (Fsp3) is 0.522. The van der Waals surface area contributed by atoms with Crippen molar-refractivity contribution < 1.29 is 9.90 Å². The molecular weight excluding hydrogens is 336 g/mol. The molecule has 1 aliphatic carbocycles. The first-order valence-corrected chi connectivity index (χ1v) is 9.98. The molecule has 1 saturated heterocycles. The molecule has 1 atom stereocenters. The van der Waals surface area contributed by atoms with E-state index in [9.17, 15) is 9.90 Å². The number of carbonyl (C=O) groups excluding carboxylic acids is 1. The molecule has 4 heteroatoms. The summed E-state index contributed by atoms with van der Waals surface area (Å²) in [5.41, 5.74) is 1.25. The van der Waals surface area contributed by atoms with E-state index in [0.29, 0.717) is 6.54 Å². The Labute approximate surface area is 163 Å². The molecule has 1 spiro atoms. The first kappa shape index (κ1) is 19.8. The minimum absolute atomic E-state index is 0.0169. The Morgan fingerprint density at radius 2 is 1.93 bits per heavy atom. The van der Waals surface area contributed by atoms with Gasteiger partial charge in [-0.1, -0.05) is 43.2 Å². The number of benzene rings is 1. The molecule has 2 fully saturated rings. The Morgan fingerprint density at radius 1 is 1.22 bits per heavy atom. The summed E-state index contributed by atoms with van der Waals surface area (Å²) < 4.78 is 0. The summed E-state index contributed by atoms with van der Waals surface area (Å²) in [7, 11) is 4.18. The van der Waals surface area contributed by atoms with Gasteiger partial charge in [-0.3, -0.25) is 4.79 Å². The summed E-state index contributed by atoms with van der Waals surface area (Å²) >= 11 is 0. The molecule has 1 saturated carbocycles. The second-order valence-corrected chi connectivity index (χ2v) is 8.36. The maximum atomic E-state index is 11.6. The quantitative estimate of drug-likeness (QED) is 0.475. The van der Waals surface area contributed by atoms with E-state index >= 15 is 0 Å². The van der Waals surface area contributed by atoms with Crippen LogP contribution in [0.2, 0.25) is 0 Å². The smallest absolute Gasteiger partial charge is 0.143 e. The van der Waals surface area contributed by atoms with Gasteiger partial charge in [0.15, 0.2) is 0 Å². The summed E-state index contributed by atoms with van der Waals surface area (Å²) in [6.07, 6.45) is 11.8. The molecule has 1 aromatic rings. The van der Waals surface area contributed by atoms with Gasteiger partial charge >= 0.3 is 0 Å². The van der Waals surface area contributed by atoms with Crippen LogP contribution in [0.1, 0.15) is 37.7 Å². The van der Waals surface area contributed by atoms with E-state index < -0.39 is 5.60 Å². The zero-order chi connectivity index (χ0) is 19.3. The number of hydrogen-bond acceptors (Lipinski definition) is 4. The lowest BCUT2D eigenvalue weighted by Crippen LogP contribution is -2.61. The number of likely N-dealkylation sites (N-methyl/N-ethyl adjacent to an activating group) is 1. The van der Waals surface area contributed by atoms with Crippen molar-refractivity contribution >= 4 is 11.9 Å². The van der Waals surface area contributed by atoms with Gasteiger partial charge in [0.2, 0.25) is 0 Å². The lowest BCUT2D eigenvalue weighted by Gasteiger charge is -2.52. The molecule has 4 nitrogen and oxygen atoms in total. The van der Waals surface area contributed by atoms with Crippen LogP contribution < -0.4 is 0 Å². The normalized spacial score (nSPS) is 26.0. The first-order valence-electron chi connectivity index (χ1n) is 9.98. The molecule has 0 bridgehead atoms. The van der Waals surface area contributed by atoms with E-state index in [2.05, 4.69) is 16.8 Å². The van der Waals surface area contributed by atoms with Crippen molar-refractivity contribution in [3.05, 3.63) is 54.2 Å². The topological polar surface area (TPSA) is 43.8 Å². The molecule has 1 N–H and O–H groups in total. The van der Waals surface area contributed by atoms with Gasteiger partial charge in [0, 0.05) is 32.1 Å². The summed E-state index contributed by atoms with van der Waals surface area (Å²) in [4.78, 5) is 15.5. The lowest BCUT2D eigenvalue weighted by molar-refractivity contribution is -0.136. The van der Waals surface area contributed by atoms with Gasteiger partial charge in [-0.15, -0.1) is 0 Å². The Kier molecular flexibility index (Phi) is 6.18. The van der Waals surface area contributed by atoms with Crippen LogP contribution in [0.15, 0.2) is 48.7 Å². The summed E-state index contributed by atoms with van der Waals surface area (Å²) in [6, 6.07) is 9.90. The van der Waals surface area contributed by atoms with Crippen LogP contribution >= 0.6 is 0 Å². The number of hydrogen-bond donors (Lipinski definition) is 1. The van der Waals surface area contributed by atoms with Crippen LogP contribution in [0, 0.1) is 5.41 Å². The monoisotopic (exact) mass is 368 g/mol. The van der Waals surface area contributed by atoms with Gasteiger partial charge in [0.05, 0.1) is 5.60 Å². The van der Waals surface area contributed by atoms with Crippen LogP contribution in [0.3, 0.4) is 0 Å². The number of likely N-dealkylation sites (tertiary alicyclic amines) is 1. The third-order valence-electron chi connectivity index (χ3n) is 6.40. The second-order valence-electron chi connectivity index (χ2n) is 8.36. The van der Waals surface area contributed by atoms with Crippen LogP contribution in [0.5, 0.6) is 0 Å². The van der Waals surface area contributed by atoms with Gasteiger partial charge in [0.1, 0.15) is 6.29 Å². The van der Waals surface area contributed by atoms with Gasteiger partial charge in [0.25, 0.3) is 0 Å². The highest BCUT2D eigenvalue weighted by Gasteiger charge is 2.54. The number of carbonyl (C=O) groups is 1. The number of rotatable bonds is 6. The van der Waals surface area contributed by atoms with Crippen LogP contribution in [-0.2, 0) is 4.79 Å². The number of allylic oxidation sites excluding steroid dienone is 3. The maximum absolute atomic E-state index is 11.6. The van der Waals surface area contributed by atoms with Crippen molar-refractivity contribution in [3.63, 3.8) is 0 Å². The molecule has 2 aliphatic rings. The molecule has 146 valence electrons. The SMILES string of the molecule is CN(/C=C\C(=C/C=O)c1ccccc1)CC1(O)CCN(C)CC12CCCC2. The fourth-order valence-corrected chi connectivity index (χ4v) is 4.93. The Balaban J connectivity index is 1.73. The third-order valence-corrected chi connectivity index (χ3v) is 6.40. The van der Waals surface area contributed by atoms with E-state index in [1.54, 1.807) is 6.08 Å². The van der Waals surface area contributed by atoms with E-state index in [0.717, 1.165) is 49.8 Å². The minimum Gasteiger partial charge on any atom is -0.387 e. The maximum Gasteiger partial charge on any atom is 0.143 e. The molecule has 1 unspecified atom stereocenters. The largest absolute Gasteiger partial charge is 0.387 e. The van der Waals surface area contributed by atoms with Crippen molar-refractivity contribution in [1.82, 2.24) is 9.80 Å². The van der Waals surface area contributed by atoms with Gasteiger partial charge < -0.3 is 14.9 Å². The van der Waals surface area contributed by atoms with Gasteiger partial charge in [-0.2, -0.15) is 0 Å². The summed E-state index contributed by atoms with van der Waals surface area (Å²) in [6.45, 7) is 2.55. The third kappa shape index (κ3) is 4.33. The standard InChI is InChI=1S/C23H32N2O2/c1-24(15-10-21(11-17-26)20-8-4-3-5-9-20)19-23(27)14-16-25(2)18-22(23)12-6-7-13-22/h3-5,8-11,15,17,27H,6-7,12-14,16,18-19H2,1-2H3/b15-10-,21-11+. The number of nitrogens with zero attached hydrogens (tertiary/aromatic N) is 2. The van der Waals surface area contributed by atoms with Crippen molar-refractivity contribution in [2.45, 2.75) is 37.7 Å². The van der Waals surface area contributed by atoms with E-state index in [1.165, 1.54) is 12.8 Å². The van der Waals surface area contributed by atoms with Crippen molar-refractivity contribution in [2.24, 2.45) is 5.41 Å². The zero-order valence-corrected chi connectivity index (χ0v) is 16.6. The van der Waals surface area contributed by atoms with Crippen molar-refractivity contribution in [3.8, 4) is 0 Å². The number of piperidine rings is 1. The number of aliphatic hydroxyl groups is 1. The van der Waals surface area contributed by atoms with Crippen LogP contribution in [0.4, 0.5) is 0 Å². The second kappa shape index (κ2) is 8.41. The average molecular weight is 369 g/mol. The fourth-order valence-electron chi connectivity index (χ4n) is 4.93. The highest BCUT2D eigenvalue weighted by molar-refractivity contribution is 5.86. The first-order chi connectivity index (χ1) is 13.0. The highest BCUT2D eigenvalue weighted by Crippen LogP contribution is 2.50. The van der Waals surface area contributed by atoms with Gasteiger partial charge in [-0.25, -0.2) is 0 Å². The Hall–Kier alpha value is -1.91. The Morgan fingerprint density at radius 3 is 2.59 bits per heavy atom. The highest BCUT2D eigenvalue weighted by atomic mass is 16.3. The van der Waals surface area contributed by atoms with E-state index in [1.807, 2.05) is 49.7 Å². The summed E-state index contributed by atoms with van der Waals surface area (Å²) in [5.74, 6) is 0. The molecule has 0 aromatic heterocycles. The molecule has 1 aliphatic heterocycles. The predicted octanol–water partition coefficient (Wildman–Crippen LogP) is 3.34. The average Bonchev–Trinajstić information content (AvgIpc) is 3.13. The molecule has 0 radical (unpaired) electrons. The number of aldehydes is 1. The zero-order valence-electron chi connectivity index (χ0n) is 16.6. The molecule has 1 aromatic carbocycles. The van der Waals surface area contributed by atoms with E-state index in [-0.39, 0.29) is 5.41 Å².